The van der Waals surface area contributed by atoms with Crippen molar-refractivity contribution in [2.75, 3.05) is 18.9 Å². The first-order valence-electron chi connectivity index (χ1n) is 6.52. The van der Waals surface area contributed by atoms with Crippen LogP contribution in [0.4, 0.5) is 5.82 Å². The molecule has 0 saturated heterocycles. The fraction of sp³-hybridized carbons (Fsp3) is 0.357. The lowest BCUT2D eigenvalue weighted by molar-refractivity contribution is -0.123. The van der Waals surface area contributed by atoms with Gasteiger partial charge in [-0.05, 0) is 13.8 Å². The maximum Gasteiger partial charge on any atom is 0.246 e. The molecule has 0 spiro atoms. The normalized spacial score (nSPS) is 10.5. The van der Waals surface area contributed by atoms with E-state index in [9.17, 15) is 4.79 Å². The molecule has 4 N–H and O–H groups in total. The van der Waals surface area contributed by atoms with Crippen molar-refractivity contribution in [3.05, 3.63) is 18.1 Å². The number of fused-ring (bicyclic) bond motifs is 1. The molecule has 110 valence electrons. The summed E-state index contributed by atoms with van der Waals surface area (Å²) < 4.78 is 1.98. The highest BCUT2D eigenvalue weighted by molar-refractivity contribution is 5.92. The maximum absolute atomic E-state index is 10.9. The SMILES string of the molecule is CC(C)n1cc(C#CCNC(=O)CO)c2c(N)ncnc21. The van der Waals surface area contributed by atoms with Crippen LogP contribution in [0, 0.1) is 11.8 Å². The van der Waals surface area contributed by atoms with Gasteiger partial charge in [0.1, 0.15) is 24.4 Å². The molecule has 0 aliphatic carbocycles. The molecule has 7 nitrogen and oxygen atoms in total. The van der Waals surface area contributed by atoms with Crippen LogP contribution in [0.25, 0.3) is 11.0 Å². The predicted molar refractivity (Wildman–Crippen MR) is 79.3 cm³/mol. The third kappa shape index (κ3) is 3.12. The second-order valence-corrected chi connectivity index (χ2v) is 4.74. The highest BCUT2D eigenvalue weighted by atomic mass is 16.3. The number of hydrogen-bond acceptors (Lipinski definition) is 5. The number of nitrogens with two attached hydrogens (primary N) is 1. The minimum atomic E-state index is -0.547. The number of amides is 1. The smallest absolute Gasteiger partial charge is 0.246 e. The summed E-state index contributed by atoms with van der Waals surface area (Å²) in [6, 6.07) is 0.214. The van der Waals surface area contributed by atoms with Gasteiger partial charge in [0, 0.05) is 12.2 Å². The summed E-state index contributed by atoms with van der Waals surface area (Å²) in [4.78, 5) is 19.2. The number of hydrogen-bond donors (Lipinski definition) is 3. The average Bonchev–Trinajstić information content (AvgIpc) is 2.83. The first kappa shape index (κ1) is 14.8. The van der Waals surface area contributed by atoms with Crippen LogP contribution in [0.15, 0.2) is 12.5 Å². The van der Waals surface area contributed by atoms with Gasteiger partial charge in [-0.3, -0.25) is 4.79 Å². The molecule has 0 fully saturated rings. The van der Waals surface area contributed by atoms with Crippen LogP contribution < -0.4 is 11.1 Å². The molecule has 2 aromatic rings. The van der Waals surface area contributed by atoms with Gasteiger partial charge >= 0.3 is 0 Å². The number of rotatable bonds is 3. The van der Waals surface area contributed by atoms with Gasteiger partial charge in [0.05, 0.1) is 17.5 Å². The van der Waals surface area contributed by atoms with Gasteiger partial charge in [-0.1, -0.05) is 11.8 Å². The average molecular weight is 287 g/mol. The fourth-order valence-corrected chi connectivity index (χ4v) is 1.93. The molecule has 0 atom stereocenters. The van der Waals surface area contributed by atoms with Crippen LogP contribution in [0.3, 0.4) is 0 Å². The van der Waals surface area contributed by atoms with Gasteiger partial charge in [-0.25, -0.2) is 9.97 Å². The van der Waals surface area contributed by atoms with E-state index in [4.69, 9.17) is 10.8 Å². The Labute approximate surface area is 122 Å². The van der Waals surface area contributed by atoms with E-state index in [1.54, 1.807) is 0 Å². The van der Waals surface area contributed by atoms with Gasteiger partial charge < -0.3 is 20.7 Å². The lowest BCUT2D eigenvalue weighted by Gasteiger charge is -2.07. The first-order valence-corrected chi connectivity index (χ1v) is 6.52. The Kier molecular flexibility index (Phi) is 4.40. The van der Waals surface area contributed by atoms with Crippen molar-refractivity contribution in [3.63, 3.8) is 0 Å². The van der Waals surface area contributed by atoms with Gasteiger partial charge in [0.25, 0.3) is 0 Å². The Morgan fingerprint density at radius 1 is 1.52 bits per heavy atom. The quantitative estimate of drug-likeness (QED) is 0.692. The van der Waals surface area contributed by atoms with E-state index < -0.39 is 12.5 Å². The van der Waals surface area contributed by atoms with Crippen LogP contribution in [0.1, 0.15) is 25.5 Å². The molecule has 7 heteroatoms. The second kappa shape index (κ2) is 6.24. The third-order valence-corrected chi connectivity index (χ3v) is 2.94. The summed E-state index contributed by atoms with van der Waals surface area (Å²) in [5, 5.41) is 11.8. The van der Waals surface area contributed by atoms with Gasteiger partial charge in [-0.2, -0.15) is 0 Å². The molecule has 0 aliphatic heterocycles. The zero-order valence-corrected chi connectivity index (χ0v) is 11.9. The Morgan fingerprint density at radius 3 is 2.95 bits per heavy atom. The molecule has 2 heterocycles. The van der Waals surface area contributed by atoms with Crippen molar-refractivity contribution in [2.45, 2.75) is 19.9 Å². The molecule has 0 saturated carbocycles. The molecule has 0 unspecified atom stereocenters. The van der Waals surface area contributed by atoms with E-state index in [2.05, 4.69) is 27.1 Å². The Bertz CT molecular complexity index is 724. The first-order chi connectivity index (χ1) is 10.0. The molecular formula is C14H17N5O2. The number of nitrogens with one attached hydrogen (secondary N) is 1. The molecule has 1 amide bonds. The molecule has 2 aromatic heterocycles. The molecule has 0 radical (unpaired) electrons. The largest absolute Gasteiger partial charge is 0.387 e. The summed E-state index contributed by atoms with van der Waals surface area (Å²) in [7, 11) is 0. The minimum Gasteiger partial charge on any atom is -0.387 e. The molecule has 0 aliphatic rings. The van der Waals surface area contributed by atoms with E-state index in [1.807, 2.05) is 24.6 Å². The lowest BCUT2D eigenvalue weighted by Crippen LogP contribution is -2.26. The van der Waals surface area contributed by atoms with E-state index in [1.165, 1.54) is 6.33 Å². The molecule has 2 rings (SSSR count). The monoisotopic (exact) mass is 287 g/mol. The van der Waals surface area contributed by atoms with Crippen molar-refractivity contribution in [1.82, 2.24) is 19.9 Å². The summed E-state index contributed by atoms with van der Waals surface area (Å²) in [5.74, 6) is 5.69. The number of aliphatic hydroxyl groups excluding tert-OH is 1. The van der Waals surface area contributed by atoms with Crippen LogP contribution in [-0.2, 0) is 4.79 Å². The number of anilines is 1. The number of aliphatic hydroxyl groups is 1. The van der Waals surface area contributed by atoms with Crippen molar-refractivity contribution >= 4 is 22.8 Å². The zero-order chi connectivity index (χ0) is 15.4. The van der Waals surface area contributed by atoms with Crippen LogP contribution in [-0.4, -0.2) is 38.7 Å². The highest BCUT2D eigenvalue weighted by Gasteiger charge is 2.13. The third-order valence-electron chi connectivity index (χ3n) is 2.94. The van der Waals surface area contributed by atoms with E-state index in [0.29, 0.717) is 11.2 Å². The molecular weight excluding hydrogens is 270 g/mol. The Hall–Kier alpha value is -2.59. The van der Waals surface area contributed by atoms with Gasteiger partial charge in [0.2, 0.25) is 5.91 Å². The predicted octanol–water partition coefficient (Wildman–Crippen LogP) is 0.0544. The zero-order valence-electron chi connectivity index (χ0n) is 11.9. The lowest BCUT2D eigenvalue weighted by atomic mass is 10.2. The topological polar surface area (TPSA) is 106 Å². The van der Waals surface area contributed by atoms with Gasteiger partial charge in [-0.15, -0.1) is 0 Å². The van der Waals surface area contributed by atoms with E-state index in [0.717, 1.165) is 11.2 Å². The highest BCUT2D eigenvalue weighted by Crippen LogP contribution is 2.25. The minimum absolute atomic E-state index is 0.154. The van der Waals surface area contributed by atoms with Crippen LogP contribution in [0.5, 0.6) is 0 Å². The Balaban J connectivity index is 2.36. The van der Waals surface area contributed by atoms with Crippen LogP contribution >= 0.6 is 0 Å². The second-order valence-electron chi connectivity index (χ2n) is 4.74. The standard InChI is InChI=1S/C14H17N5O2/c1-9(2)19-6-10(4-3-5-16-11(21)7-20)12-13(15)17-8-18-14(12)19/h6,8-9,20H,5,7H2,1-2H3,(H,16,21)(H2,15,17,18). The maximum atomic E-state index is 10.9. The number of nitrogens with zero attached hydrogens (tertiary/aromatic N) is 3. The van der Waals surface area contributed by atoms with Crippen molar-refractivity contribution in [1.29, 1.82) is 0 Å². The number of carbonyl (C=O) groups excluding carboxylic acids is 1. The summed E-state index contributed by atoms with van der Waals surface area (Å²) >= 11 is 0. The van der Waals surface area contributed by atoms with Crippen molar-refractivity contribution in [2.24, 2.45) is 0 Å². The molecule has 21 heavy (non-hydrogen) atoms. The van der Waals surface area contributed by atoms with Crippen LogP contribution in [0.2, 0.25) is 0 Å². The Morgan fingerprint density at radius 2 is 2.29 bits per heavy atom. The molecule has 0 bridgehead atoms. The van der Waals surface area contributed by atoms with Crippen molar-refractivity contribution < 1.29 is 9.90 Å². The summed E-state index contributed by atoms with van der Waals surface area (Å²) in [5.41, 5.74) is 7.36. The van der Waals surface area contributed by atoms with Crippen molar-refractivity contribution in [3.8, 4) is 11.8 Å². The summed E-state index contributed by atoms with van der Waals surface area (Å²) in [6.07, 6.45) is 3.30. The van der Waals surface area contributed by atoms with E-state index >= 15 is 0 Å². The fourth-order valence-electron chi connectivity index (χ4n) is 1.93. The number of carbonyl (C=O) groups is 1. The number of aromatic nitrogens is 3. The molecule has 0 aromatic carbocycles. The van der Waals surface area contributed by atoms with E-state index in [-0.39, 0.29) is 12.6 Å². The van der Waals surface area contributed by atoms with Gasteiger partial charge in [0.15, 0.2) is 0 Å². The summed E-state index contributed by atoms with van der Waals surface area (Å²) in [6.45, 7) is 3.68. The number of nitrogen functional groups attached to an aromatic ring is 1.